The molecular weight excluding hydrogens is 302 g/mol. The van der Waals surface area contributed by atoms with Crippen molar-refractivity contribution in [3.8, 4) is 0 Å². The molecule has 3 rings (SSSR count). The lowest BCUT2D eigenvalue weighted by Crippen LogP contribution is -2.33. The fraction of sp³-hybridized carbons (Fsp3) is 0.429. The Labute approximate surface area is 130 Å². The molecule has 1 aliphatic carbocycles. The van der Waals surface area contributed by atoms with Gasteiger partial charge in [0.15, 0.2) is 5.69 Å². The van der Waals surface area contributed by atoms with Crippen LogP contribution in [0.2, 0.25) is 0 Å². The molecule has 1 fully saturated rings. The van der Waals surface area contributed by atoms with Crippen LogP contribution in [-0.2, 0) is 7.05 Å². The monoisotopic (exact) mass is 319 g/mol. The van der Waals surface area contributed by atoms with Gasteiger partial charge < -0.3 is 5.32 Å². The second-order valence-corrected chi connectivity index (χ2v) is 6.32. The van der Waals surface area contributed by atoms with E-state index in [9.17, 15) is 9.59 Å². The number of aryl methyl sites for hydroxylation is 1. The number of hydrogen-bond donors (Lipinski definition) is 2. The first-order valence-electron chi connectivity index (χ1n) is 7.08. The van der Waals surface area contributed by atoms with Gasteiger partial charge in [-0.25, -0.2) is 14.8 Å². The quantitative estimate of drug-likeness (QED) is 0.815. The van der Waals surface area contributed by atoms with E-state index in [1.807, 2.05) is 12.3 Å². The maximum Gasteiger partial charge on any atom is 0.329 e. The minimum atomic E-state index is -0.452. The van der Waals surface area contributed by atoms with Gasteiger partial charge in [-0.2, -0.15) is 0 Å². The van der Waals surface area contributed by atoms with E-state index >= 15 is 0 Å². The van der Waals surface area contributed by atoms with Crippen molar-refractivity contribution in [1.29, 1.82) is 0 Å². The average molecular weight is 319 g/mol. The van der Waals surface area contributed by atoms with Crippen LogP contribution in [0.15, 0.2) is 20.0 Å². The number of hydrogen-bond acceptors (Lipinski definition) is 6. The molecule has 1 saturated carbocycles. The molecule has 0 spiro atoms. The molecule has 2 aromatic rings. The van der Waals surface area contributed by atoms with Gasteiger partial charge in [-0.3, -0.25) is 14.3 Å². The summed E-state index contributed by atoms with van der Waals surface area (Å²) < 4.78 is 1.02. The minimum absolute atomic E-state index is 0.204. The molecule has 116 valence electrons. The summed E-state index contributed by atoms with van der Waals surface area (Å²) in [6.07, 6.45) is 3.91. The van der Waals surface area contributed by atoms with Crippen molar-refractivity contribution >= 4 is 29.1 Å². The summed E-state index contributed by atoms with van der Waals surface area (Å²) in [4.78, 5) is 35.2. The number of nitrogens with zero attached hydrogens (tertiary/aromatic N) is 3. The van der Waals surface area contributed by atoms with E-state index in [1.54, 1.807) is 6.21 Å². The number of aliphatic imine (C=N–C) groups is 1. The first kappa shape index (κ1) is 14.7. The number of aromatic nitrogens is 3. The van der Waals surface area contributed by atoms with Gasteiger partial charge in [-0.05, 0) is 25.7 Å². The molecule has 0 saturated heterocycles. The van der Waals surface area contributed by atoms with Crippen LogP contribution in [-0.4, -0.2) is 27.3 Å². The van der Waals surface area contributed by atoms with Gasteiger partial charge in [0.1, 0.15) is 10.8 Å². The molecule has 2 heterocycles. The van der Waals surface area contributed by atoms with E-state index in [-0.39, 0.29) is 5.69 Å². The average Bonchev–Trinajstić information content (AvgIpc) is 3.23. The molecule has 0 amide bonds. The number of H-pyrrole nitrogens is 1. The van der Waals surface area contributed by atoms with Crippen LogP contribution in [0.4, 0.5) is 11.5 Å². The van der Waals surface area contributed by atoms with Crippen molar-refractivity contribution in [2.24, 2.45) is 18.0 Å². The van der Waals surface area contributed by atoms with Crippen molar-refractivity contribution in [1.82, 2.24) is 14.5 Å². The predicted molar refractivity (Wildman–Crippen MR) is 87.6 cm³/mol. The molecule has 7 nitrogen and oxygen atoms in total. The highest BCUT2D eigenvalue weighted by Gasteiger charge is 2.22. The van der Waals surface area contributed by atoms with Crippen LogP contribution < -0.4 is 16.6 Å². The van der Waals surface area contributed by atoms with Gasteiger partial charge in [0.25, 0.3) is 5.56 Å². The number of rotatable bonds is 5. The highest BCUT2D eigenvalue weighted by Crippen LogP contribution is 2.29. The van der Waals surface area contributed by atoms with Gasteiger partial charge in [-0.1, -0.05) is 0 Å². The highest BCUT2D eigenvalue weighted by molar-refractivity contribution is 7.11. The van der Waals surface area contributed by atoms with E-state index in [4.69, 9.17) is 0 Å². The van der Waals surface area contributed by atoms with Crippen LogP contribution in [0.25, 0.3) is 0 Å². The summed E-state index contributed by atoms with van der Waals surface area (Å²) in [7, 11) is 1.43. The third-order valence-corrected chi connectivity index (χ3v) is 4.38. The molecule has 1 aliphatic rings. The second-order valence-electron chi connectivity index (χ2n) is 5.43. The van der Waals surface area contributed by atoms with Gasteiger partial charge in [0.2, 0.25) is 0 Å². The van der Waals surface area contributed by atoms with Crippen LogP contribution in [0, 0.1) is 12.8 Å². The third kappa shape index (κ3) is 3.16. The molecule has 0 bridgehead atoms. The Morgan fingerprint density at radius 1 is 1.55 bits per heavy atom. The second kappa shape index (κ2) is 5.88. The normalized spacial score (nSPS) is 14.6. The first-order chi connectivity index (χ1) is 10.5. The van der Waals surface area contributed by atoms with Crippen molar-refractivity contribution in [2.75, 3.05) is 11.9 Å². The van der Waals surface area contributed by atoms with Crippen LogP contribution in [0.3, 0.4) is 0 Å². The summed E-state index contributed by atoms with van der Waals surface area (Å²) in [6, 6.07) is 0. The van der Waals surface area contributed by atoms with Crippen LogP contribution >= 0.6 is 11.3 Å². The molecular formula is C14H17N5O2S. The number of thiazole rings is 1. The first-order valence-corrected chi connectivity index (χ1v) is 7.96. The Kier molecular flexibility index (Phi) is 3.93. The van der Waals surface area contributed by atoms with Crippen molar-refractivity contribution in [2.45, 2.75) is 19.8 Å². The standard InChI is InChI=1S/C14H17N5O2S/c1-8-7-22-10(17-8)6-15-11-12(16-5-9-3-4-9)18-14(21)19(2)13(11)20/h6-7,9,16H,3-5H2,1-2H3,(H,18,21). The van der Waals surface area contributed by atoms with Crippen molar-refractivity contribution in [3.63, 3.8) is 0 Å². The Morgan fingerprint density at radius 3 is 2.95 bits per heavy atom. The molecule has 0 unspecified atom stereocenters. The molecule has 0 radical (unpaired) electrons. The Morgan fingerprint density at radius 2 is 2.32 bits per heavy atom. The van der Waals surface area contributed by atoms with Crippen LogP contribution in [0.1, 0.15) is 23.5 Å². The van der Waals surface area contributed by atoms with Crippen molar-refractivity contribution in [3.05, 3.63) is 36.9 Å². The van der Waals surface area contributed by atoms with Gasteiger partial charge in [-0.15, -0.1) is 11.3 Å². The zero-order chi connectivity index (χ0) is 15.7. The maximum atomic E-state index is 12.3. The Hall–Kier alpha value is -2.22. The molecule has 0 aliphatic heterocycles. The van der Waals surface area contributed by atoms with E-state index < -0.39 is 11.2 Å². The summed E-state index contributed by atoms with van der Waals surface area (Å²) >= 11 is 1.45. The zero-order valence-electron chi connectivity index (χ0n) is 12.4. The SMILES string of the molecule is Cc1csc(C=Nc2c(NCC3CC3)[nH]c(=O)n(C)c2=O)n1. The number of nitrogens with one attached hydrogen (secondary N) is 2. The van der Waals surface area contributed by atoms with E-state index in [1.165, 1.54) is 31.2 Å². The predicted octanol–water partition coefficient (Wildman–Crippen LogP) is 1.41. The largest absolute Gasteiger partial charge is 0.369 e. The van der Waals surface area contributed by atoms with Crippen molar-refractivity contribution < 1.29 is 0 Å². The number of aromatic amines is 1. The van der Waals surface area contributed by atoms with E-state index in [2.05, 4.69) is 20.3 Å². The molecule has 2 aromatic heterocycles. The highest BCUT2D eigenvalue weighted by atomic mass is 32.1. The molecule has 0 atom stereocenters. The van der Waals surface area contributed by atoms with E-state index in [0.717, 1.165) is 21.8 Å². The number of anilines is 1. The van der Waals surface area contributed by atoms with E-state index in [0.29, 0.717) is 11.7 Å². The Bertz CT molecular complexity index is 828. The summed E-state index contributed by atoms with van der Waals surface area (Å²) in [5.74, 6) is 0.996. The fourth-order valence-corrected chi connectivity index (χ4v) is 2.63. The van der Waals surface area contributed by atoms with Gasteiger partial charge >= 0.3 is 5.69 Å². The minimum Gasteiger partial charge on any atom is -0.369 e. The molecule has 2 N–H and O–H groups in total. The third-order valence-electron chi connectivity index (χ3n) is 3.49. The fourth-order valence-electron chi connectivity index (χ4n) is 1.98. The van der Waals surface area contributed by atoms with Gasteiger partial charge in [0.05, 0.1) is 6.21 Å². The lowest BCUT2D eigenvalue weighted by Gasteiger charge is -2.08. The zero-order valence-corrected chi connectivity index (χ0v) is 13.2. The van der Waals surface area contributed by atoms with Gasteiger partial charge in [0, 0.05) is 24.7 Å². The summed E-state index contributed by atoms with van der Waals surface area (Å²) in [6.45, 7) is 2.64. The lowest BCUT2D eigenvalue weighted by molar-refractivity contribution is 0.773. The van der Waals surface area contributed by atoms with Crippen LogP contribution in [0.5, 0.6) is 0 Å². The summed E-state index contributed by atoms with van der Waals surface area (Å²) in [5, 5.41) is 5.76. The smallest absolute Gasteiger partial charge is 0.329 e. The topological polar surface area (TPSA) is 92.1 Å². The molecule has 8 heteroatoms. The summed E-state index contributed by atoms with van der Waals surface area (Å²) in [5.41, 5.74) is 0.238. The maximum absolute atomic E-state index is 12.3. The lowest BCUT2D eigenvalue weighted by atomic mass is 10.4. The molecule has 22 heavy (non-hydrogen) atoms. The molecule has 0 aromatic carbocycles. The Balaban J connectivity index is 1.95.